The predicted octanol–water partition coefficient (Wildman–Crippen LogP) is 5.29. The van der Waals surface area contributed by atoms with Gasteiger partial charge in [0.05, 0.1) is 11.4 Å². The van der Waals surface area contributed by atoms with Crippen LogP contribution in [0.4, 0.5) is 5.69 Å². The largest absolute Gasteiger partial charge is 0.507 e. The smallest absolute Gasteiger partial charge is 0.124 e. The van der Waals surface area contributed by atoms with Gasteiger partial charge >= 0.3 is 0 Å². The fourth-order valence-electron chi connectivity index (χ4n) is 2.81. The Kier molecular flexibility index (Phi) is 3.60. The van der Waals surface area contributed by atoms with Crippen molar-refractivity contribution in [3.63, 3.8) is 0 Å². The molecule has 1 heterocycles. The van der Waals surface area contributed by atoms with E-state index in [0.29, 0.717) is 5.56 Å². The molecule has 24 heavy (non-hydrogen) atoms. The van der Waals surface area contributed by atoms with E-state index in [0.717, 1.165) is 27.8 Å². The monoisotopic (exact) mass is 312 g/mol. The highest BCUT2D eigenvalue weighted by Gasteiger charge is 2.11. The number of fused-ring (bicyclic) bond motifs is 1. The average Bonchev–Trinajstić information content (AvgIpc) is 3.00. The molecule has 4 aromatic rings. The molecule has 0 fully saturated rings. The molecule has 0 aliphatic heterocycles. The first-order valence-corrected chi connectivity index (χ1v) is 7.81. The van der Waals surface area contributed by atoms with Crippen LogP contribution in [0.15, 0.2) is 83.9 Å². The summed E-state index contributed by atoms with van der Waals surface area (Å²) in [5.41, 5.74) is 4.67. The molecule has 3 heteroatoms. The average molecular weight is 312 g/mol. The second kappa shape index (κ2) is 6.05. The van der Waals surface area contributed by atoms with Crippen molar-refractivity contribution >= 4 is 22.8 Å². The molecule has 0 saturated carbocycles. The Balaban J connectivity index is 1.89. The van der Waals surface area contributed by atoms with Crippen LogP contribution in [0.1, 0.15) is 5.56 Å². The zero-order valence-corrected chi connectivity index (χ0v) is 13.0. The van der Waals surface area contributed by atoms with Crippen LogP contribution in [0.5, 0.6) is 5.75 Å². The summed E-state index contributed by atoms with van der Waals surface area (Å²) in [6, 6.07) is 25.4. The number of hydrogen-bond donors (Lipinski definition) is 2. The number of phenolic OH excluding ortho intramolecular Hbond substituents is 1. The molecule has 0 spiro atoms. The van der Waals surface area contributed by atoms with E-state index < -0.39 is 0 Å². The van der Waals surface area contributed by atoms with Crippen molar-refractivity contribution in [1.29, 1.82) is 0 Å². The molecule has 0 unspecified atom stereocenters. The summed E-state index contributed by atoms with van der Waals surface area (Å²) in [5.74, 6) is 0.224. The van der Waals surface area contributed by atoms with Crippen LogP contribution in [-0.2, 0) is 0 Å². The van der Waals surface area contributed by atoms with E-state index in [-0.39, 0.29) is 5.75 Å². The van der Waals surface area contributed by atoms with Gasteiger partial charge in [-0.2, -0.15) is 0 Å². The Labute approximate surface area is 139 Å². The molecule has 0 amide bonds. The van der Waals surface area contributed by atoms with Crippen LogP contribution >= 0.6 is 0 Å². The van der Waals surface area contributed by atoms with Crippen molar-refractivity contribution in [2.45, 2.75) is 0 Å². The Morgan fingerprint density at radius 2 is 1.50 bits per heavy atom. The lowest BCUT2D eigenvalue weighted by atomic mass is 10.1. The molecule has 3 aromatic carbocycles. The van der Waals surface area contributed by atoms with E-state index in [4.69, 9.17) is 0 Å². The lowest BCUT2D eigenvalue weighted by Crippen LogP contribution is -1.82. The molecular weight excluding hydrogens is 296 g/mol. The van der Waals surface area contributed by atoms with Crippen LogP contribution in [0, 0.1) is 0 Å². The molecule has 0 atom stereocenters. The van der Waals surface area contributed by atoms with Gasteiger partial charge in [-0.15, -0.1) is 0 Å². The summed E-state index contributed by atoms with van der Waals surface area (Å²) in [4.78, 5) is 8.14. The Morgan fingerprint density at radius 3 is 2.33 bits per heavy atom. The molecule has 0 saturated heterocycles. The minimum absolute atomic E-state index is 0.224. The Morgan fingerprint density at radius 1 is 0.792 bits per heavy atom. The number of aromatic amines is 1. The highest BCUT2D eigenvalue weighted by atomic mass is 16.3. The molecule has 0 aliphatic rings. The number of nitrogens with zero attached hydrogens (tertiary/aromatic N) is 1. The summed E-state index contributed by atoms with van der Waals surface area (Å²) >= 11 is 0. The number of benzene rings is 3. The lowest BCUT2D eigenvalue weighted by molar-refractivity contribution is 0.474. The number of nitrogens with one attached hydrogen (secondary N) is 1. The SMILES string of the molecule is Oc1ccccc1C=Nc1c(-c2ccccc2)[nH]c2ccccc12. The maximum atomic E-state index is 9.94. The zero-order chi connectivity index (χ0) is 16.4. The molecular formula is C21H16N2O. The van der Waals surface area contributed by atoms with Gasteiger partial charge in [0.15, 0.2) is 0 Å². The lowest BCUT2D eigenvalue weighted by Gasteiger charge is -2.01. The van der Waals surface area contributed by atoms with Crippen LogP contribution in [0.2, 0.25) is 0 Å². The number of hydrogen-bond acceptors (Lipinski definition) is 2. The third kappa shape index (κ3) is 2.57. The van der Waals surface area contributed by atoms with E-state index in [1.54, 1.807) is 18.3 Å². The predicted molar refractivity (Wildman–Crippen MR) is 99.1 cm³/mol. The summed E-state index contributed by atoms with van der Waals surface area (Å²) in [5, 5.41) is 11.0. The molecule has 0 aliphatic carbocycles. The third-order valence-corrected chi connectivity index (χ3v) is 4.01. The Hall–Kier alpha value is -3.33. The summed E-state index contributed by atoms with van der Waals surface area (Å²) < 4.78 is 0. The van der Waals surface area contributed by atoms with E-state index >= 15 is 0 Å². The van der Waals surface area contributed by atoms with Gasteiger partial charge in [0.1, 0.15) is 5.75 Å². The molecule has 4 rings (SSSR count). The number of aliphatic imine (C=N–C) groups is 1. The second-order valence-corrected chi connectivity index (χ2v) is 5.58. The number of aromatic nitrogens is 1. The van der Waals surface area contributed by atoms with Crippen molar-refractivity contribution < 1.29 is 5.11 Å². The van der Waals surface area contributed by atoms with Gasteiger partial charge in [-0.25, -0.2) is 0 Å². The fourth-order valence-corrected chi connectivity index (χ4v) is 2.81. The molecule has 1 aromatic heterocycles. The van der Waals surface area contributed by atoms with Gasteiger partial charge in [-0.05, 0) is 18.2 Å². The number of phenols is 1. The van der Waals surface area contributed by atoms with Crippen LogP contribution in [-0.4, -0.2) is 16.3 Å². The quantitative estimate of drug-likeness (QED) is 0.496. The van der Waals surface area contributed by atoms with Crippen molar-refractivity contribution in [2.24, 2.45) is 4.99 Å². The van der Waals surface area contributed by atoms with E-state index in [9.17, 15) is 5.11 Å². The van der Waals surface area contributed by atoms with Crippen molar-refractivity contribution in [1.82, 2.24) is 4.98 Å². The standard InChI is InChI=1S/C21H16N2O/c24-19-13-7-4-10-16(19)14-22-21-17-11-5-6-12-18(17)23-20(21)15-8-2-1-3-9-15/h1-14,23-24H. The van der Waals surface area contributed by atoms with Gasteiger partial charge in [-0.1, -0.05) is 60.7 Å². The van der Waals surface area contributed by atoms with Gasteiger partial charge in [0.25, 0.3) is 0 Å². The van der Waals surface area contributed by atoms with Crippen molar-refractivity contribution in [3.8, 4) is 17.0 Å². The zero-order valence-electron chi connectivity index (χ0n) is 13.0. The molecule has 0 radical (unpaired) electrons. The number of rotatable bonds is 3. The van der Waals surface area contributed by atoms with Gasteiger partial charge in [0.2, 0.25) is 0 Å². The summed E-state index contributed by atoms with van der Waals surface area (Å²) in [6.45, 7) is 0. The molecule has 3 nitrogen and oxygen atoms in total. The molecule has 0 bridgehead atoms. The Bertz CT molecular complexity index is 1020. The topological polar surface area (TPSA) is 48.4 Å². The first kappa shape index (κ1) is 14.3. The maximum Gasteiger partial charge on any atom is 0.124 e. The van der Waals surface area contributed by atoms with E-state index in [1.165, 1.54) is 0 Å². The number of H-pyrrole nitrogens is 1. The minimum Gasteiger partial charge on any atom is -0.507 e. The van der Waals surface area contributed by atoms with E-state index in [1.807, 2.05) is 48.5 Å². The van der Waals surface area contributed by atoms with Crippen LogP contribution < -0.4 is 0 Å². The fraction of sp³-hybridized carbons (Fsp3) is 0. The van der Waals surface area contributed by atoms with Crippen molar-refractivity contribution in [3.05, 3.63) is 84.4 Å². The first-order valence-electron chi connectivity index (χ1n) is 7.81. The van der Waals surface area contributed by atoms with Gasteiger partial charge in [-0.3, -0.25) is 4.99 Å². The normalized spacial score (nSPS) is 11.3. The maximum absolute atomic E-state index is 9.94. The summed E-state index contributed by atoms with van der Waals surface area (Å²) in [7, 11) is 0. The highest BCUT2D eigenvalue weighted by Crippen LogP contribution is 2.37. The molecule has 116 valence electrons. The molecule has 2 N–H and O–H groups in total. The third-order valence-electron chi connectivity index (χ3n) is 4.01. The minimum atomic E-state index is 0.224. The first-order chi connectivity index (χ1) is 11.8. The van der Waals surface area contributed by atoms with Crippen molar-refractivity contribution in [2.75, 3.05) is 0 Å². The second-order valence-electron chi connectivity index (χ2n) is 5.58. The van der Waals surface area contributed by atoms with Gasteiger partial charge < -0.3 is 10.1 Å². The number of aromatic hydroxyl groups is 1. The highest BCUT2D eigenvalue weighted by molar-refractivity contribution is 6.02. The summed E-state index contributed by atoms with van der Waals surface area (Å²) in [6.07, 6.45) is 1.71. The van der Waals surface area contributed by atoms with E-state index in [2.05, 4.69) is 28.2 Å². The van der Waals surface area contributed by atoms with Crippen LogP contribution in [0.3, 0.4) is 0 Å². The van der Waals surface area contributed by atoms with Crippen LogP contribution in [0.25, 0.3) is 22.2 Å². The van der Waals surface area contributed by atoms with Gasteiger partial charge in [0, 0.05) is 28.2 Å². The number of para-hydroxylation sites is 2.